The van der Waals surface area contributed by atoms with E-state index in [1.54, 1.807) is 36.2 Å². The first kappa shape index (κ1) is 15.7. The minimum Gasteiger partial charge on any atom is -0.321 e. The van der Waals surface area contributed by atoms with Gasteiger partial charge in [0.25, 0.3) is 0 Å². The summed E-state index contributed by atoms with van der Waals surface area (Å²) in [5, 5.41) is 6.15. The van der Waals surface area contributed by atoms with E-state index in [2.05, 4.69) is 15.1 Å². The van der Waals surface area contributed by atoms with Crippen molar-refractivity contribution in [2.45, 2.75) is 10.9 Å². The van der Waals surface area contributed by atoms with Crippen molar-refractivity contribution in [1.29, 1.82) is 0 Å². The molecule has 0 fully saturated rings. The summed E-state index contributed by atoms with van der Waals surface area (Å²) in [7, 11) is -1.81. The van der Waals surface area contributed by atoms with Crippen molar-refractivity contribution in [3.63, 3.8) is 0 Å². The average molecular weight is 386 g/mol. The third-order valence-corrected chi connectivity index (χ3v) is 7.63. The highest BCUT2D eigenvalue weighted by molar-refractivity contribution is 7.89. The van der Waals surface area contributed by atoms with Crippen LogP contribution < -0.4 is 0 Å². The second kappa shape index (κ2) is 5.47. The molecule has 5 heterocycles. The zero-order valence-corrected chi connectivity index (χ0v) is 15.4. The molecule has 0 aliphatic carbocycles. The largest absolute Gasteiger partial charge is 0.321 e. The fourth-order valence-electron chi connectivity index (χ4n) is 3.33. The minimum atomic E-state index is -3.42. The highest BCUT2D eigenvalue weighted by Crippen LogP contribution is 2.39. The zero-order chi connectivity index (χ0) is 17.9. The molecule has 4 aromatic rings. The van der Waals surface area contributed by atoms with E-state index in [0.29, 0.717) is 17.1 Å². The molecule has 0 aromatic carbocycles. The predicted molar refractivity (Wildman–Crippen MR) is 96.5 cm³/mol. The lowest BCUT2D eigenvalue weighted by Gasteiger charge is -2.31. The van der Waals surface area contributed by atoms with Gasteiger partial charge in [0, 0.05) is 43.3 Å². The third kappa shape index (κ3) is 2.09. The number of thiophene rings is 1. The lowest BCUT2D eigenvalue weighted by Crippen LogP contribution is -2.38. The molecule has 1 aliphatic heterocycles. The van der Waals surface area contributed by atoms with Crippen LogP contribution in [0.3, 0.4) is 0 Å². The fraction of sp³-hybridized carbons (Fsp3) is 0.188. The summed E-state index contributed by atoms with van der Waals surface area (Å²) in [5.41, 5.74) is 1.52. The van der Waals surface area contributed by atoms with E-state index in [-0.39, 0.29) is 6.04 Å². The lowest BCUT2D eigenvalue weighted by molar-refractivity contribution is 0.395. The molecule has 8 nitrogen and oxygen atoms in total. The third-order valence-electron chi connectivity index (χ3n) is 4.60. The summed E-state index contributed by atoms with van der Waals surface area (Å²) in [4.78, 5) is 10.1. The second-order valence-corrected chi connectivity index (χ2v) is 9.02. The first-order valence-electron chi connectivity index (χ1n) is 7.92. The fourth-order valence-corrected chi connectivity index (χ4v) is 6.06. The van der Waals surface area contributed by atoms with Gasteiger partial charge in [-0.2, -0.15) is 9.40 Å². The number of fused-ring (bicyclic) bond motifs is 2. The van der Waals surface area contributed by atoms with Crippen molar-refractivity contribution in [3.05, 3.63) is 53.4 Å². The van der Waals surface area contributed by atoms with Crippen molar-refractivity contribution in [2.75, 3.05) is 13.6 Å². The van der Waals surface area contributed by atoms with Crippen LogP contribution in [0.25, 0.3) is 17.0 Å². The molecule has 10 heteroatoms. The lowest BCUT2D eigenvalue weighted by atomic mass is 10.2. The number of rotatable bonds is 2. The van der Waals surface area contributed by atoms with Gasteiger partial charge in [0.1, 0.15) is 5.82 Å². The van der Waals surface area contributed by atoms with E-state index in [4.69, 9.17) is 0 Å². The highest BCUT2D eigenvalue weighted by Gasteiger charge is 2.37. The van der Waals surface area contributed by atoms with E-state index in [1.165, 1.54) is 15.6 Å². The molecule has 26 heavy (non-hydrogen) atoms. The number of sulfonamides is 1. The van der Waals surface area contributed by atoms with Crippen molar-refractivity contribution < 1.29 is 8.42 Å². The Morgan fingerprint density at radius 1 is 1.23 bits per heavy atom. The predicted octanol–water partition coefficient (Wildman–Crippen LogP) is 1.88. The molecule has 5 rings (SSSR count). The van der Waals surface area contributed by atoms with Crippen LogP contribution in [0, 0.1) is 0 Å². The van der Waals surface area contributed by atoms with Crippen LogP contribution in [0.5, 0.6) is 0 Å². The maximum Gasteiger partial charge on any atom is 0.244 e. The van der Waals surface area contributed by atoms with Gasteiger partial charge >= 0.3 is 0 Å². The smallest absolute Gasteiger partial charge is 0.244 e. The van der Waals surface area contributed by atoms with Crippen LogP contribution >= 0.6 is 11.3 Å². The van der Waals surface area contributed by atoms with Crippen LogP contribution in [0.4, 0.5) is 0 Å². The van der Waals surface area contributed by atoms with Crippen LogP contribution in [-0.2, 0) is 10.0 Å². The van der Waals surface area contributed by atoms with Gasteiger partial charge in [-0.05, 0) is 17.5 Å². The molecule has 1 atom stereocenters. The highest BCUT2D eigenvalue weighted by atomic mass is 32.2. The van der Waals surface area contributed by atoms with Crippen molar-refractivity contribution in [2.24, 2.45) is 0 Å². The monoisotopic (exact) mass is 386 g/mol. The summed E-state index contributed by atoms with van der Waals surface area (Å²) in [5.74, 6) is 0.718. The van der Waals surface area contributed by atoms with Crippen LogP contribution in [0.1, 0.15) is 10.9 Å². The Kier molecular flexibility index (Phi) is 3.30. The summed E-state index contributed by atoms with van der Waals surface area (Å²) in [6.45, 7) is 0.353. The Hall–Kier alpha value is -2.56. The van der Waals surface area contributed by atoms with Gasteiger partial charge in [0.2, 0.25) is 10.0 Å². The van der Waals surface area contributed by atoms with E-state index < -0.39 is 10.0 Å². The molecule has 0 saturated heterocycles. The van der Waals surface area contributed by atoms with Gasteiger partial charge in [-0.25, -0.2) is 22.9 Å². The van der Waals surface area contributed by atoms with E-state index in [1.807, 2.05) is 28.4 Å². The molecular weight excluding hydrogens is 372 g/mol. The Bertz CT molecular complexity index is 1220. The number of imidazole rings is 1. The second-order valence-electron chi connectivity index (χ2n) is 6.05. The quantitative estimate of drug-likeness (QED) is 0.525. The average Bonchev–Trinajstić information content (AvgIpc) is 3.36. The molecule has 1 aliphatic rings. The van der Waals surface area contributed by atoms with E-state index in [9.17, 15) is 8.42 Å². The normalized spacial score (nSPS) is 19.7. The van der Waals surface area contributed by atoms with Gasteiger partial charge in [-0.15, -0.1) is 11.3 Å². The Labute approximate surface area is 153 Å². The summed E-state index contributed by atoms with van der Waals surface area (Å²) >= 11 is 1.45. The zero-order valence-electron chi connectivity index (χ0n) is 13.7. The summed E-state index contributed by atoms with van der Waals surface area (Å²) < 4.78 is 30.2. The van der Waals surface area contributed by atoms with Crippen molar-refractivity contribution >= 4 is 27.0 Å². The Morgan fingerprint density at radius 3 is 3.00 bits per heavy atom. The van der Waals surface area contributed by atoms with Crippen molar-refractivity contribution in [1.82, 2.24) is 28.5 Å². The standard InChI is InChI=1S/C16H14N6O2S2/c1-20-10-12(14-13(3-8-25-14)26(20,23)24)21-7-5-18-15(21)11-9-19-22-6-2-4-17-16(11)22/h2-9,12H,10H2,1H3. The van der Waals surface area contributed by atoms with Gasteiger partial charge in [-0.1, -0.05) is 0 Å². The van der Waals surface area contributed by atoms with E-state index in [0.717, 1.165) is 16.3 Å². The van der Waals surface area contributed by atoms with Gasteiger partial charge < -0.3 is 4.57 Å². The molecular formula is C16H14N6O2S2. The van der Waals surface area contributed by atoms with Gasteiger partial charge in [0.15, 0.2) is 5.65 Å². The molecule has 1 unspecified atom stereocenters. The number of hydrogen-bond donors (Lipinski definition) is 0. The summed E-state index contributed by atoms with van der Waals surface area (Å²) in [6.07, 6.45) is 8.88. The number of aromatic nitrogens is 5. The molecule has 0 bridgehead atoms. The molecule has 0 spiro atoms. The molecule has 4 aromatic heterocycles. The number of likely N-dealkylation sites (N-methyl/N-ethyl adjacent to an activating group) is 1. The number of hydrogen-bond acceptors (Lipinski definition) is 6. The van der Waals surface area contributed by atoms with Gasteiger partial charge in [-0.3, -0.25) is 0 Å². The van der Waals surface area contributed by atoms with Gasteiger partial charge in [0.05, 0.1) is 22.7 Å². The van der Waals surface area contributed by atoms with Crippen LogP contribution in [0.15, 0.2) is 53.4 Å². The topological polar surface area (TPSA) is 85.4 Å². The maximum atomic E-state index is 12.6. The molecule has 0 radical (unpaired) electrons. The number of nitrogens with zero attached hydrogens (tertiary/aromatic N) is 6. The summed E-state index contributed by atoms with van der Waals surface area (Å²) in [6, 6.07) is 3.34. The van der Waals surface area contributed by atoms with E-state index >= 15 is 0 Å². The minimum absolute atomic E-state index is 0.144. The molecule has 0 amide bonds. The molecule has 0 N–H and O–H groups in total. The van der Waals surface area contributed by atoms with Crippen LogP contribution in [-0.4, -0.2) is 50.5 Å². The van der Waals surface area contributed by atoms with Crippen LogP contribution in [0.2, 0.25) is 0 Å². The van der Waals surface area contributed by atoms with Crippen molar-refractivity contribution in [3.8, 4) is 11.4 Å². The first-order valence-corrected chi connectivity index (χ1v) is 10.2. The molecule has 132 valence electrons. The SMILES string of the molecule is CN1CC(n2ccnc2-c2cnn3cccnc23)c2sccc2S1(=O)=O. The Morgan fingerprint density at radius 2 is 2.12 bits per heavy atom. The maximum absolute atomic E-state index is 12.6. The first-order chi connectivity index (χ1) is 12.6. The Balaban J connectivity index is 1.69. The molecule has 0 saturated carbocycles.